The van der Waals surface area contributed by atoms with Crippen molar-refractivity contribution in [1.29, 1.82) is 0 Å². The summed E-state index contributed by atoms with van der Waals surface area (Å²) in [6, 6.07) is 3.42. The van der Waals surface area contributed by atoms with Gasteiger partial charge in [-0.3, -0.25) is 0 Å². The molecule has 0 aliphatic heterocycles. The van der Waals surface area contributed by atoms with E-state index in [-0.39, 0.29) is 0 Å². The van der Waals surface area contributed by atoms with Gasteiger partial charge in [0, 0.05) is 0 Å². The topological polar surface area (TPSA) is 31.4 Å². The third-order valence-electron chi connectivity index (χ3n) is 1.39. The molecule has 1 heterocycles. The average molecular weight is 163 g/mol. The van der Waals surface area contributed by atoms with Crippen molar-refractivity contribution in [3.8, 4) is 24.0 Å². The quantitative estimate of drug-likeness (QED) is 0.611. The van der Waals surface area contributed by atoms with Crippen LogP contribution in [0.25, 0.3) is 0 Å². The van der Waals surface area contributed by atoms with E-state index in [2.05, 4.69) is 10.9 Å². The molecule has 0 spiro atoms. The Morgan fingerprint density at radius 2 is 2.08 bits per heavy atom. The molecule has 0 aliphatic rings. The largest absolute Gasteiger partial charge is 0.491 e. The Labute approximate surface area is 71.3 Å². The number of hydrogen-bond acceptors (Lipinski definition) is 3. The lowest BCUT2D eigenvalue weighted by molar-refractivity contribution is 0.342. The summed E-state index contributed by atoms with van der Waals surface area (Å²) in [5.74, 6) is 3.40. The Kier molecular flexibility index (Phi) is 2.54. The molecular weight excluding hydrogens is 154 g/mol. The van der Waals surface area contributed by atoms with Gasteiger partial charge in [0.05, 0.1) is 14.2 Å². The van der Waals surface area contributed by atoms with Gasteiger partial charge in [-0.05, 0) is 12.1 Å². The van der Waals surface area contributed by atoms with Gasteiger partial charge < -0.3 is 9.47 Å². The summed E-state index contributed by atoms with van der Waals surface area (Å²) in [6.45, 7) is 0. The van der Waals surface area contributed by atoms with E-state index >= 15 is 0 Å². The van der Waals surface area contributed by atoms with Crippen LogP contribution in [0.2, 0.25) is 0 Å². The molecule has 0 radical (unpaired) electrons. The first-order valence-electron chi connectivity index (χ1n) is 3.37. The van der Waals surface area contributed by atoms with Gasteiger partial charge in [-0.2, -0.15) is 0 Å². The van der Waals surface area contributed by atoms with E-state index in [0.717, 1.165) is 0 Å². The van der Waals surface area contributed by atoms with Crippen LogP contribution in [0.5, 0.6) is 11.6 Å². The van der Waals surface area contributed by atoms with E-state index in [4.69, 9.17) is 15.9 Å². The van der Waals surface area contributed by atoms with Crippen molar-refractivity contribution in [2.24, 2.45) is 0 Å². The van der Waals surface area contributed by atoms with Gasteiger partial charge in [0.1, 0.15) is 5.69 Å². The number of pyridine rings is 1. The third-order valence-corrected chi connectivity index (χ3v) is 1.39. The highest BCUT2D eigenvalue weighted by molar-refractivity contribution is 5.38. The number of rotatable bonds is 2. The number of aromatic nitrogens is 1. The van der Waals surface area contributed by atoms with Crippen molar-refractivity contribution in [1.82, 2.24) is 4.98 Å². The van der Waals surface area contributed by atoms with Crippen LogP contribution in [0.15, 0.2) is 12.1 Å². The molecule has 0 amide bonds. The predicted octanol–water partition coefficient (Wildman–Crippen LogP) is 1.08. The second-order valence-electron chi connectivity index (χ2n) is 2.05. The lowest BCUT2D eigenvalue weighted by Crippen LogP contribution is -1.94. The van der Waals surface area contributed by atoms with Crippen molar-refractivity contribution in [3.63, 3.8) is 0 Å². The Hall–Kier alpha value is -1.69. The number of terminal acetylenes is 1. The molecule has 0 aliphatic carbocycles. The monoisotopic (exact) mass is 163 g/mol. The molecule has 0 aromatic carbocycles. The van der Waals surface area contributed by atoms with Gasteiger partial charge in [-0.25, -0.2) is 4.98 Å². The lowest BCUT2D eigenvalue weighted by atomic mass is 10.3. The van der Waals surface area contributed by atoms with Gasteiger partial charge in [-0.1, -0.05) is 5.92 Å². The van der Waals surface area contributed by atoms with Crippen LogP contribution in [-0.4, -0.2) is 19.2 Å². The van der Waals surface area contributed by atoms with Gasteiger partial charge >= 0.3 is 0 Å². The van der Waals surface area contributed by atoms with Crippen LogP contribution in [0.3, 0.4) is 0 Å². The summed E-state index contributed by atoms with van der Waals surface area (Å²) >= 11 is 0. The van der Waals surface area contributed by atoms with Gasteiger partial charge in [0.15, 0.2) is 5.75 Å². The molecular formula is C9H9NO2. The Bertz CT molecular complexity index is 315. The zero-order chi connectivity index (χ0) is 8.97. The highest BCUT2D eigenvalue weighted by Crippen LogP contribution is 2.23. The second kappa shape index (κ2) is 3.63. The summed E-state index contributed by atoms with van der Waals surface area (Å²) in [5, 5.41) is 0. The van der Waals surface area contributed by atoms with Gasteiger partial charge in [-0.15, -0.1) is 6.42 Å². The molecule has 3 nitrogen and oxygen atoms in total. The standard InChI is InChI=1S/C9H9NO2/c1-4-7-5-6-8(11-2)9(10-7)12-3/h1,5-6H,2-3H3. The normalized spacial score (nSPS) is 8.75. The smallest absolute Gasteiger partial charge is 0.257 e. The number of hydrogen-bond donors (Lipinski definition) is 0. The molecule has 0 saturated heterocycles. The molecule has 0 atom stereocenters. The van der Waals surface area contributed by atoms with Crippen molar-refractivity contribution in [2.45, 2.75) is 0 Å². The van der Waals surface area contributed by atoms with Crippen molar-refractivity contribution >= 4 is 0 Å². The summed E-state index contributed by atoms with van der Waals surface area (Å²) in [6.07, 6.45) is 5.16. The van der Waals surface area contributed by atoms with E-state index < -0.39 is 0 Å². The highest BCUT2D eigenvalue weighted by Gasteiger charge is 2.03. The van der Waals surface area contributed by atoms with Gasteiger partial charge in [0.25, 0.3) is 5.88 Å². The van der Waals surface area contributed by atoms with Crippen LogP contribution >= 0.6 is 0 Å². The molecule has 0 unspecified atom stereocenters. The average Bonchev–Trinajstić information content (AvgIpc) is 2.16. The summed E-state index contributed by atoms with van der Waals surface area (Å²) in [5.41, 5.74) is 0.535. The minimum atomic E-state index is 0.410. The third kappa shape index (κ3) is 1.48. The van der Waals surface area contributed by atoms with Crippen molar-refractivity contribution in [3.05, 3.63) is 17.8 Å². The molecule has 1 rings (SSSR count). The van der Waals surface area contributed by atoms with E-state index in [0.29, 0.717) is 17.3 Å². The first-order valence-corrected chi connectivity index (χ1v) is 3.37. The molecule has 0 saturated carbocycles. The molecule has 1 aromatic heterocycles. The van der Waals surface area contributed by atoms with Crippen molar-refractivity contribution < 1.29 is 9.47 Å². The molecule has 0 N–H and O–H groups in total. The Balaban J connectivity index is 3.13. The number of nitrogens with zero attached hydrogens (tertiary/aromatic N) is 1. The van der Waals surface area contributed by atoms with Crippen molar-refractivity contribution in [2.75, 3.05) is 14.2 Å². The SMILES string of the molecule is C#Cc1ccc(OC)c(OC)n1. The molecule has 0 fully saturated rings. The van der Waals surface area contributed by atoms with Crippen LogP contribution < -0.4 is 9.47 Å². The fourth-order valence-electron chi connectivity index (χ4n) is 0.810. The predicted molar refractivity (Wildman–Crippen MR) is 45.3 cm³/mol. The first kappa shape index (κ1) is 8.41. The van der Waals surface area contributed by atoms with Crippen LogP contribution in [0.4, 0.5) is 0 Å². The summed E-state index contributed by atoms with van der Waals surface area (Å²) < 4.78 is 9.93. The first-order chi connectivity index (χ1) is 5.81. The minimum Gasteiger partial charge on any atom is -0.491 e. The van der Waals surface area contributed by atoms with E-state index in [1.54, 1.807) is 19.2 Å². The maximum Gasteiger partial charge on any atom is 0.257 e. The molecule has 1 aromatic rings. The second-order valence-corrected chi connectivity index (χ2v) is 2.05. The lowest BCUT2D eigenvalue weighted by Gasteiger charge is -2.05. The fourth-order valence-corrected chi connectivity index (χ4v) is 0.810. The van der Waals surface area contributed by atoms with E-state index in [1.807, 2.05) is 0 Å². The highest BCUT2D eigenvalue weighted by atomic mass is 16.5. The minimum absolute atomic E-state index is 0.410. The Morgan fingerprint density at radius 1 is 1.33 bits per heavy atom. The van der Waals surface area contributed by atoms with E-state index in [1.165, 1.54) is 7.11 Å². The summed E-state index contributed by atoms with van der Waals surface area (Å²) in [4.78, 5) is 4.00. The molecule has 3 heteroatoms. The van der Waals surface area contributed by atoms with Crippen LogP contribution in [0, 0.1) is 12.3 Å². The maximum absolute atomic E-state index is 5.16. The maximum atomic E-state index is 5.16. The molecule has 62 valence electrons. The zero-order valence-corrected chi connectivity index (χ0v) is 7.00. The van der Waals surface area contributed by atoms with Crippen LogP contribution in [-0.2, 0) is 0 Å². The fraction of sp³-hybridized carbons (Fsp3) is 0.222. The summed E-state index contributed by atoms with van der Waals surface area (Å²) in [7, 11) is 3.07. The Morgan fingerprint density at radius 3 is 2.58 bits per heavy atom. The van der Waals surface area contributed by atoms with Gasteiger partial charge in [0.2, 0.25) is 0 Å². The van der Waals surface area contributed by atoms with E-state index in [9.17, 15) is 0 Å². The molecule has 0 bridgehead atoms. The zero-order valence-electron chi connectivity index (χ0n) is 7.00. The molecule has 12 heavy (non-hydrogen) atoms. The number of methoxy groups -OCH3 is 2. The van der Waals surface area contributed by atoms with Crippen LogP contribution in [0.1, 0.15) is 5.69 Å². The number of ether oxygens (including phenoxy) is 2.